The van der Waals surface area contributed by atoms with E-state index in [2.05, 4.69) is 60.9 Å². The van der Waals surface area contributed by atoms with Gasteiger partial charge in [0, 0.05) is 44.8 Å². The van der Waals surface area contributed by atoms with Crippen molar-refractivity contribution < 1.29 is 0 Å². The molecule has 1 saturated heterocycles. The molecular weight excluding hydrogens is 246 g/mol. The van der Waals surface area contributed by atoms with Crippen LogP contribution in [0.4, 0.5) is 0 Å². The van der Waals surface area contributed by atoms with Gasteiger partial charge in [0.2, 0.25) is 0 Å². The van der Waals surface area contributed by atoms with E-state index in [1.165, 1.54) is 5.56 Å². The third-order valence-electron chi connectivity index (χ3n) is 5.00. The Bertz CT molecular complexity index is 396. The van der Waals surface area contributed by atoms with Crippen LogP contribution in [-0.2, 0) is 6.54 Å². The summed E-state index contributed by atoms with van der Waals surface area (Å²) in [5.74, 6) is 0.591. The first-order valence-electron chi connectivity index (χ1n) is 7.77. The highest BCUT2D eigenvalue weighted by atomic mass is 15.3. The van der Waals surface area contributed by atoms with Crippen molar-refractivity contribution in [3.63, 3.8) is 0 Å². The van der Waals surface area contributed by atoms with Crippen molar-refractivity contribution in [1.29, 1.82) is 0 Å². The Balaban J connectivity index is 1.89. The average molecular weight is 275 g/mol. The molecule has 1 aliphatic heterocycles. The second-order valence-electron chi connectivity index (χ2n) is 6.46. The largest absolute Gasteiger partial charge is 0.329 e. The maximum absolute atomic E-state index is 6.04. The van der Waals surface area contributed by atoms with E-state index in [1.807, 2.05) is 0 Å². The standard InChI is InChI=1S/C17H29N3/c1-15(2)17(3,14-18)20-11-9-19(10-12-20)13-16-7-5-4-6-8-16/h4-8,15H,9-14,18H2,1-3H3. The van der Waals surface area contributed by atoms with Gasteiger partial charge >= 0.3 is 0 Å². The molecule has 0 aliphatic carbocycles. The predicted octanol–water partition coefficient (Wildman–Crippen LogP) is 2.18. The fraction of sp³-hybridized carbons (Fsp3) is 0.647. The van der Waals surface area contributed by atoms with E-state index in [-0.39, 0.29) is 5.54 Å². The Kier molecular flexibility index (Phi) is 5.19. The lowest BCUT2D eigenvalue weighted by Gasteiger charge is -2.48. The summed E-state index contributed by atoms with van der Waals surface area (Å²) in [5, 5.41) is 0. The summed E-state index contributed by atoms with van der Waals surface area (Å²) < 4.78 is 0. The fourth-order valence-electron chi connectivity index (χ4n) is 2.99. The van der Waals surface area contributed by atoms with Crippen LogP contribution in [0, 0.1) is 5.92 Å². The van der Waals surface area contributed by atoms with Crippen LogP contribution in [-0.4, -0.2) is 48.1 Å². The van der Waals surface area contributed by atoms with Crippen molar-refractivity contribution in [2.24, 2.45) is 11.7 Å². The SMILES string of the molecule is CC(C)C(C)(CN)N1CCN(Cc2ccccc2)CC1. The summed E-state index contributed by atoms with van der Waals surface area (Å²) in [5.41, 5.74) is 7.59. The lowest BCUT2D eigenvalue weighted by molar-refractivity contribution is 0.0171. The van der Waals surface area contributed by atoms with Gasteiger partial charge in [-0.25, -0.2) is 0 Å². The summed E-state index contributed by atoms with van der Waals surface area (Å²) in [6.45, 7) is 13.2. The molecule has 1 aromatic carbocycles. The van der Waals surface area contributed by atoms with E-state index < -0.39 is 0 Å². The number of hydrogen-bond acceptors (Lipinski definition) is 3. The zero-order valence-electron chi connectivity index (χ0n) is 13.2. The van der Waals surface area contributed by atoms with Gasteiger partial charge in [-0.2, -0.15) is 0 Å². The molecular formula is C17H29N3. The first-order chi connectivity index (χ1) is 9.56. The van der Waals surface area contributed by atoms with Crippen LogP contribution < -0.4 is 5.73 Å². The van der Waals surface area contributed by atoms with Gasteiger partial charge in [-0.3, -0.25) is 9.80 Å². The maximum Gasteiger partial charge on any atom is 0.0327 e. The van der Waals surface area contributed by atoms with Crippen LogP contribution in [0.2, 0.25) is 0 Å². The topological polar surface area (TPSA) is 32.5 Å². The second kappa shape index (κ2) is 6.70. The molecule has 0 radical (unpaired) electrons. The zero-order valence-corrected chi connectivity index (χ0v) is 13.2. The molecule has 112 valence electrons. The third-order valence-corrected chi connectivity index (χ3v) is 5.00. The number of benzene rings is 1. The minimum atomic E-state index is 0.138. The Hall–Kier alpha value is -0.900. The van der Waals surface area contributed by atoms with Crippen molar-refractivity contribution >= 4 is 0 Å². The molecule has 1 heterocycles. The summed E-state index contributed by atoms with van der Waals surface area (Å²) in [4.78, 5) is 5.13. The van der Waals surface area contributed by atoms with E-state index in [0.29, 0.717) is 5.92 Å². The maximum atomic E-state index is 6.04. The van der Waals surface area contributed by atoms with E-state index in [9.17, 15) is 0 Å². The lowest BCUT2D eigenvalue weighted by atomic mass is 9.86. The van der Waals surface area contributed by atoms with Crippen LogP contribution >= 0.6 is 0 Å². The molecule has 0 aromatic heterocycles. The Labute approximate surface area is 123 Å². The van der Waals surface area contributed by atoms with Crippen LogP contribution in [0.1, 0.15) is 26.3 Å². The Morgan fingerprint density at radius 3 is 2.20 bits per heavy atom. The van der Waals surface area contributed by atoms with Gasteiger partial charge in [-0.15, -0.1) is 0 Å². The monoisotopic (exact) mass is 275 g/mol. The number of rotatable bonds is 5. The van der Waals surface area contributed by atoms with E-state index in [1.54, 1.807) is 0 Å². The average Bonchev–Trinajstić information content (AvgIpc) is 2.48. The van der Waals surface area contributed by atoms with Crippen LogP contribution in [0.5, 0.6) is 0 Å². The third kappa shape index (κ3) is 3.40. The molecule has 0 spiro atoms. The summed E-state index contributed by atoms with van der Waals surface area (Å²) in [6, 6.07) is 10.7. The van der Waals surface area contributed by atoms with Crippen molar-refractivity contribution in [2.75, 3.05) is 32.7 Å². The molecule has 1 fully saturated rings. The summed E-state index contributed by atoms with van der Waals surface area (Å²) >= 11 is 0. The highest BCUT2D eigenvalue weighted by Gasteiger charge is 2.35. The number of nitrogens with zero attached hydrogens (tertiary/aromatic N) is 2. The predicted molar refractivity (Wildman–Crippen MR) is 85.6 cm³/mol. The molecule has 3 nitrogen and oxygen atoms in total. The molecule has 3 heteroatoms. The molecule has 1 atom stereocenters. The quantitative estimate of drug-likeness (QED) is 0.894. The van der Waals surface area contributed by atoms with Gasteiger partial charge in [0.05, 0.1) is 0 Å². The molecule has 1 aromatic rings. The first kappa shape index (κ1) is 15.5. The molecule has 0 saturated carbocycles. The zero-order chi connectivity index (χ0) is 14.6. The van der Waals surface area contributed by atoms with Gasteiger partial charge in [0.1, 0.15) is 0 Å². The van der Waals surface area contributed by atoms with Crippen LogP contribution in [0.25, 0.3) is 0 Å². The smallest absolute Gasteiger partial charge is 0.0327 e. The van der Waals surface area contributed by atoms with Gasteiger partial charge in [0.15, 0.2) is 0 Å². The molecule has 20 heavy (non-hydrogen) atoms. The van der Waals surface area contributed by atoms with Crippen molar-refractivity contribution in [2.45, 2.75) is 32.9 Å². The van der Waals surface area contributed by atoms with E-state index in [0.717, 1.165) is 39.3 Å². The van der Waals surface area contributed by atoms with Gasteiger partial charge in [-0.1, -0.05) is 44.2 Å². The fourth-order valence-corrected chi connectivity index (χ4v) is 2.99. The van der Waals surface area contributed by atoms with Crippen LogP contribution in [0.15, 0.2) is 30.3 Å². The minimum Gasteiger partial charge on any atom is -0.329 e. The van der Waals surface area contributed by atoms with Crippen LogP contribution in [0.3, 0.4) is 0 Å². The minimum absolute atomic E-state index is 0.138. The summed E-state index contributed by atoms with van der Waals surface area (Å²) in [6.07, 6.45) is 0. The molecule has 1 unspecified atom stereocenters. The number of hydrogen-bond donors (Lipinski definition) is 1. The number of piperazine rings is 1. The first-order valence-corrected chi connectivity index (χ1v) is 7.77. The Morgan fingerprint density at radius 1 is 1.10 bits per heavy atom. The Morgan fingerprint density at radius 2 is 1.70 bits per heavy atom. The highest BCUT2D eigenvalue weighted by molar-refractivity contribution is 5.14. The van der Waals surface area contributed by atoms with Crippen molar-refractivity contribution in [3.8, 4) is 0 Å². The molecule has 1 aliphatic rings. The highest BCUT2D eigenvalue weighted by Crippen LogP contribution is 2.25. The molecule has 2 N–H and O–H groups in total. The molecule has 2 rings (SSSR count). The molecule has 0 amide bonds. The number of nitrogens with two attached hydrogens (primary N) is 1. The van der Waals surface area contributed by atoms with Crippen molar-refractivity contribution in [3.05, 3.63) is 35.9 Å². The van der Waals surface area contributed by atoms with Gasteiger partial charge < -0.3 is 5.73 Å². The van der Waals surface area contributed by atoms with E-state index in [4.69, 9.17) is 5.73 Å². The van der Waals surface area contributed by atoms with Gasteiger partial charge in [-0.05, 0) is 18.4 Å². The lowest BCUT2D eigenvalue weighted by Crippen LogP contribution is -2.60. The van der Waals surface area contributed by atoms with Gasteiger partial charge in [0.25, 0.3) is 0 Å². The molecule has 0 bridgehead atoms. The normalized spacial score (nSPS) is 21.1. The van der Waals surface area contributed by atoms with E-state index >= 15 is 0 Å². The van der Waals surface area contributed by atoms with Crippen molar-refractivity contribution in [1.82, 2.24) is 9.80 Å². The summed E-state index contributed by atoms with van der Waals surface area (Å²) in [7, 11) is 0. The second-order valence-corrected chi connectivity index (χ2v) is 6.46.